The molecule has 130 valence electrons. The van der Waals surface area contributed by atoms with Crippen molar-refractivity contribution < 1.29 is 14.6 Å². The van der Waals surface area contributed by atoms with E-state index in [0.29, 0.717) is 11.3 Å². The first kappa shape index (κ1) is 18.9. The number of aliphatic hydroxyl groups is 1. The molecule has 0 saturated carbocycles. The third-order valence-corrected chi connectivity index (χ3v) is 5.03. The van der Waals surface area contributed by atoms with Crippen molar-refractivity contribution >= 4 is 26.2 Å². The Bertz CT molecular complexity index is 614. The molecule has 0 radical (unpaired) electrons. The summed E-state index contributed by atoms with van der Waals surface area (Å²) in [5, 5.41) is 10.4. The molecule has 2 rings (SSSR count). The van der Waals surface area contributed by atoms with Crippen LogP contribution in [0.1, 0.15) is 32.8 Å². The molecule has 4 nitrogen and oxygen atoms in total. The Morgan fingerprint density at radius 2 is 2.12 bits per heavy atom. The van der Waals surface area contributed by atoms with Gasteiger partial charge in [0.2, 0.25) is 0 Å². The number of carbonyl (C=O) groups excluding carboxylic acids is 1. The zero-order valence-corrected chi connectivity index (χ0v) is 16.1. The van der Waals surface area contributed by atoms with E-state index in [2.05, 4.69) is 15.6 Å². The molecule has 1 aliphatic heterocycles. The van der Waals surface area contributed by atoms with Crippen LogP contribution in [0.5, 0.6) is 0 Å². The predicted molar refractivity (Wildman–Crippen MR) is 96.7 cm³/mol. The Kier molecular flexibility index (Phi) is 6.78. The van der Waals surface area contributed by atoms with Crippen molar-refractivity contribution in [1.29, 1.82) is 0 Å². The molecule has 0 spiro atoms. The standard InChI is InChI=1S/C19H25NO3Se/c1-4-8-13(2)17(21)14(3)18(22)20-16(12-23-19(20)24)11-15-9-6-5-7-10-15/h5-10,14,16-17,21H,4,11-12H2,1-3H3/b13-8+/t14-,16+,17-/m1/s1. The molecule has 5 heteroatoms. The number of hydrogen-bond donors (Lipinski definition) is 1. The molecule has 0 bridgehead atoms. The summed E-state index contributed by atoms with van der Waals surface area (Å²) in [4.78, 5) is 14.6. The Morgan fingerprint density at radius 3 is 2.75 bits per heavy atom. The second-order valence-corrected chi connectivity index (χ2v) is 6.95. The van der Waals surface area contributed by atoms with Crippen LogP contribution in [0.3, 0.4) is 0 Å². The summed E-state index contributed by atoms with van der Waals surface area (Å²) in [6.07, 6.45) is 2.75. The molecule has 1 amide bonds. The fourth-order valence-corrected chi connectivity index (χ4v) is 3.60. The number of hydrogen-bond acceptors (Lipinski definition) is 3. The van der Waals surface area contributed by atoms with E-state index in [1.165, 1.54) is 0 Å². The minimum absolute atomic E-state index is 0.0544. The van der Waals surface area contributed by atoms with Gasteiger partial charge in [-0.3, -0.25) is 0 Å². The predicted octanol–water partition coefficient (Wildman–Crippen LogP) is 2.07. The molecular weight excluding hydrogens is 369 g/mol. The quantitative estimate of drug-likeness (QED) is 0.594. The summed E-state index contributed by atoms with van der Waals surface area (Å²) in [6, 6.07) is 10.0. The Morgan fingerprint density at radius 1 is 1.46 bits per heavy atom. The number of amides is 1. The van der Waals surface area contributed by atoms with Crippen molar-refractivity contribution in [3.63, 3.8) is 0 Å². The van der Waals surface area contributed by atoms with E-state index in [4.69, 9.17) is 4.74 Å². The average molecular weight is 394 g/mol. The van der Waals surface area contributed by atoms with Crippen molar-refractivity contribution in [3.8, 4) is 0 Å². The van der Waals surface area contributed by atoms with Gasteiger partial charge >= 0.3 is 152 Å². The van der Waals surface area contributed by atoms with Crippen molar-refractivity contribution in [3.05, 3.63) is 47.5 Å². The van der Waals surface area contributed by atoms with Crippen LogP contribution < -0.4 is 0 Å². The van der Waals surface area contributed by atoms with Gasteiger partial charge in [0.05, 0.1) is 0 Å². The maximum absolute atomic E-state index is 12.9. The second kappa shape index (κ2) is 8.61. The SMILES string of the molecule is CC/C=C(\C)[C@@H](O)[C@@H](C)C(=O)N1C(=[Se])OC[C@@H]1Cc1ccccc1. The molecule has 1 aromatic carbocycles. The van der Waals surface area contributed by atoms with Crippen LogP contribution in [0, 0.1) is 5.92 Å². The van der Waals surface area contributed by atoms with E-state index in [0.717, 1.165) is 24.0 Å². The van der Waals surface area contributed by atoms with E-state index < -0.39 is 12.0 Å². The molecule has 3 atom stereocenters. The summed E-state index contributed by atoms with van der Waals surface area (Å²) in [7, 11) is 0. The van der Waals surface area contributed by atoms with Crippen molar-refractivity contribution in [1.82, 2.24) is 4.90 Å². The van der Waals surface area contributed by atoms with Crippen LogP contribution in [-0.2, 0) is 16.0 Å². The number of carbonyl (C=O) groups is 1. The van der Waals surface area contributed by atoms with Gasteiger partial charge in [0.15, 0.2) is 0 Å². The number of rotatable bonds is 6. The van der Waals surface area contributed by atoms with Gasteiger partial charge in [-0.25, -0.2) is 0 Å². The molecule has 1 fully saturated rings. The zero-order chi connectivity index (χ0) is 17.7. The summed E-state index contributed by atoms with van der Waals surface area (Å²) in [6.45, 7) is 6.11. The van der Waals surface area contributed by atoms with Crippen LogP contribution in [0.25, 0.3) is 0 Å². The first-order valence-electron chi connectivity index (χ1n) is 8.34. The van der Waals surface area contributed by atoms with E-state index in [1.807, 2.05) is 50.3 Å². The first-order valence-corrected chi connectivity index (χ1v) is 9.19. The van der Waals surface area contributed by atoms with Gasteiger partial charge in [-0.15, -0.1) is 0 Å². The molecule has 0 aliphatic carbocycles. The van der Waals surface area contributed by atoms with Gasteiger partial charge in [0.1, 0.15) is 0 Å². The Labute approximate surface area is 151 Å². The molecule has 24 heavy (non-hydrogen) atoms. The number of benzene rings is 1. The van der Waals surface area contributed by atoms with E-state index in [-0.39, 0.29) is 11.9 Å². The third-order valence-electron chi connectivity index (χ3n) is 4.37. The molecule has 1 heterocycles. The normalized spacial score (nSPS) is 20.7. The molecule has 1 N–H and O–H groups in total. The van der Waals surface area contributed by atoms with E-state index in [9.17, 15) is 9.90 Å². The monoisotopic (exact) mass is 395 g/mol. The minimum atomic E-state index is -0.775. The molecular formula is C19H25NO3Se. The number of nitrogens with zero attached hydrogens (tertiary/aromatic N) is 1. The van der Waals surface area contributed by atoms with E-state index >= 15 is 0 Å². The van der Waals surface area contributed by atoms with Crippen molar-refractivity contribution in [2.45, 2.75) is 45.8 Å². The van der Waals surface area contributed by atoms with Crippen molar-refractivity contribution in [2.24, 2.45) is 5.92 Å². The van der Waals surface area contributed by atoms with Crippen molar-refractivity contribution in [2.75, 3.05) is 6.61 Å². The molecule has 1 saturated heterocycles. The van der Waals surface area contributed by atoms with Gasteiger partial charge in [0, 0.05) is 0 Å². The summed E-state index contributed by atoms with van der Waals surface area (Å²) >= 11 is 2.84. The van der Waals surface area contributed by atoms with Crippen LogP contribution in [0.2, 0.25) is 0 Å². The first-order chi connectivity index (χ1) is 11.5. The zero-order valence-electron chi connectivity index (χ0n) is 14.4. The van der Waals surface area contributed by atoms with Gasteiger partial charge in [0.25, 0.3) is 0 Å². The van der Waals surface area contributed by atoms with Gasteiger partial charge in [-0.1, -0.05) is 0 Å². The van der Waals surface area contributed by atoms with Crippen LogP contribution in [0.15, 0.2) is 42.0 Å². The fourth-order valence-electron chi connectivity index (χ4n) is 2.96. The molecule has 1 aliphatic rings. The topological polar surface area (TPSA) is 49.8 Å². The van der Waals surface area contributed by atoms with Gasteiger partial charge in [-0.05, 0) is 0 Å². The molecule has 0 aromatic heterocycles. The second-order valence-electron chi connectivity index (χ2n) is 6.22. The fraction of sp³-hybridized carbons (Fsp3) is 0.474. The Hall–Kier alpha value is -1.42. The number of aliphatic hydroxyl groups excluding tert-OH is 1. The third kappa shape index (κ3) is 4.35. The van der Waals surface area contributed by atoms with Crippen LogP contribution in [0.4, 0.5) is 0 Å². The summed E-state index contributed by atoms with van der Waals surface area (Å²) < 4.78 is 6.08. The number of ether oxygens (including phenoxy) is 1. The van der Waals surface area contributed by atoms with Crippen LogP contribution >= 0.6 is 0 Å². The summed E-state index contributed by atoms with van der Waals surface area (Å²) in [5.41, 5.74) is 1.99. The van der Waals surface area contributed by atoms with E-state index in [1.54, 1.807) is 11.8 Å². The maximum atomic E-state index is 12.9. The van der Waals surface area contributed by atoms with Gasteiger partial charge in [-0.2, -0.15) is 0 Å². The van der Waals surface area contributed by atoms with Gasteiger partial charge < -0.3 is 0 Å². The molecule has 0 unspecified atom stereocenters. The van der Waals surface area contributed by atoms with Crippen LogP contribution in [-0.4, -0.2) is 55.0 Å². The average Bonchev–Trinajstić information content (AvgIpc) is 2.94. The molecule has 1 aromatic rings. The number of allylic oxidation sites excluding steroid dienone is 1. The Balaban J connectivity index is 2.13. The summed E-state index contributed by atoms with van der Waals surface area (Å²) in [5.74, 6) is -0.630.